The van der Waals surface area contributed by atoms with Crippen LogP contribution < -0.4 is 4.74 Å². The van der Waals surface area contributed by atoms with Gasteiger partial charge in [0.2, 0.25) is 0 Å². The first kappa shape index (κ1) is 18.2. The van der Waals surface area contributed by atoms with Gasteiger partial charge in [-0.2, -0.15) is 0 Å². The predicted octanol–water partition coefficient (Wildman–Crippen LogP) is 6.47. The number of hydrogen-bond donors (Lipinski definition) is 0. The van der Waals surface area contributed by atoms with Gasteiger partial charge in [0.15, 0.2) is 5.78 Å². The van der Waals surface area contributed by atoms with E-state index < -0.39 is 0 Å². The second-order valence-electron chi connectivity index (χ2n) is 5.63. The second kappa shape index (κ2) is 8.70. The van der Waals surface area contributed by atoms with Crippen molar-refractivity contribution in [3.05, 3.63) is 106 Å². The molecule has 0 fully saturated rings. The number of ether oxygens (including phenoxy) is 1. The highest BCUT2D eigenvalue weighted by atomic mass is 35.5. The molecule has 0 radical (unpaired) electrons. The number of rotatable bonds is 6. The van der Waals surface area contributed by atoms with E-state index >= 15 is 0 Å². The largest absolute Gasteiger partial charge is 0.488 e. The van der Waals surface area contributed by atoms with Gasteiger partial charge in [0.25, 0.3) is 0 Å². The molecule has 0 heterocycles. The van der Waals surface area contributed by atoms with Gasteiger partial charge in [-0.05, 0) is 30.4 Å². The van der Waals surface area contributed by atoms with Crippen molar-refractivity contribution in [3.8, 4) is 5.75 Å². The molecule has 0 aromatic heterocycles. The number of benzene rings is 3. The molecule has 3 rings (SSSR count). The highest BCUT2D eigenvalue weighted by Crippen LogP contribution is 2.25. The van der Waals surface area contributed by atoms with Gasteiger partial charge in [-0.25, -0.2) is 0 Å². The number of carbonyl (C=O) groups excluding carboxylic acids is 1. The third kappa shape index (κ3) is 4.75. The van der Waals surface area contributed by atoms with Crippen LogP contribution in [0, 0.1) is 0 Å². The minimum Gasteiger partial charge on any atom is -0.488 e. The smallest absolute Gasteiger partial charge is 0.185 e. The van der Waals surface area contributed by atoms with Gasteiger partial charge < -0.3 is 4.74 Å². The summed E-state index contributed by atoms with van der Waals surface area (Å²) in [7, 11) is 0. The monoisotopic (exact) mass is 382 g/mol. The Morgan fingerprint density at radius 3 is 2.42 bits per heavy atom. The molecule has 0 N–H and O–H groups in total. The Balaban J connectivity index is 1.74. The highest BCUT2D eigenvalue weighted by Gasteiger charge is 2.06. The molecule has 0 spiro atoms. The van der Waals surface area contributed by atoms with Crippen molar-refractivity contribution >= 4 is 35.1 Å². The van der Waals surface area contributed by atoms with E-state index in [1.165, 1.54) is 0 Å². The molecule has 0 saturated heterocycles. The molecule has 0 saturated carbocycles. The van der Waals surface area contributed by atoms with Crippen molar-refractivity contribution in [3.63, 3.8) is 0 Å². The van der Waals surface area contributed by atoms with Gasteiger partial charge in [0, 0.05) is 26.7 Å². The van der Waals surface area contributed by atoms with E-state index in [-0.39, 0.29) is 5.78 Å². The van der Waals surface area contributed by atoms with Crippen LogP contribution in [-0.2, 0) is 6.61 Å². The van der Waals surface area contributed by atoms with Gasteiger partial charge in [0.05, 0.1) is 0 Å². The van der Waals surface area contributed by atoms with Crippen LogP contribution in [0.1, 0.15) is 21.5 Å². The summed E-state index contributed by atoms with van der Waals surface area (Å²) in [6.45, 7) is 0.313. The van der Waals surface area contributed by atoms with E-state index in [9.17, 15) is 4.79 Å². The van der Waals surface area contributed by atoms with Gasteiger partial charge >= 0.3 is 0 Å². The summed E-state index contributed by atoms with van der Waals surface area (Å²) in [6, 6.07) is 22.0. The van der Waals surface area contributed by atoms with Crippen molar-refractivity contribution < 1.29 is 9.53 Å². The zero-order valence-electron chi connectivity index (χ0n) is 13.9. The molecule has 130 valence electrons. The fourth-order valence-corrected chi connectivity index (χ4v) is 2.87. The van der Waals surface area contributed by atoms with Gasteiger partial charge in [0.1, 0.15) is 12.4 Å². The summed E-state index contributed by atoms with van der Waals surface area (Å²) in [5.41, 5.74) is 2.31. The Kier molecular flexibility index (Phi) is 6.11. The molecule has 0 aliphatic carbocycles. The summed E-state index contributed by atoms with van der Waals surface area (Å²) in [5.74, 6) is 0.622. The molecule has 0 bridgehead atoms. The standard InChI is InChI=1S/C22H16Cl2O2/c23-19-12-10-18(20(24)14-19)15-26-22-9-5-4-8-17(22)11-13-21(25)16-6-2-1-3-7-16/h1-14H,15H2/b13-11+. The third-order valence-electron chi connectivity index (χ3n) is 3.79. The van der Waals surface area contributed by atoms with Crippen molar-refractivity contribution in [2.45, 2.75) is 6.61 Å². The number of ketones is 1. The zero-order chi connectivity index (χ0) is 18.4. The molecular formula is C22H16Cl2O2. The lowest BCUT2D eigenvalue weighted by Gasteiger charge is -2.10. The summed E-state index contributed by atoms with van der Waals surface area (Å²) >= 11 is 12.1. The first-order valence-corrected chi connectivity index (χ1v) is 8.82. The predicted molar refractivity (Wildman–Crippen MR) is 107 cm³/mol. The molecule has 4 heteroatoms. The van der Waals surface area contributed by atoms with Crippen molar-refractivity contribution in [1.82, 2.24) is 0 Å². The van der Waals surface area contributed by atoms with Crippen molar-refractivity contribution in [2.75, 3.05) is 0 Å². The molecule has 3 aromatic rings. The van der Waals surface area contributed by atoms with Crippen LogP contribution in [-0.4, -0.2) is 5.78 Å². The maximum Gasteiger partial charge on any atom is 0.185 e. The van der Waals surface area contributed by atoms with Crippen LogP contribution in [0.2, 0.25) is 10.0 Å². The quantitative estimate of drug-likeness (QED) is 0.360. The second-order valence-corrected chi connectivity index (χ2v) is 6.47. The van der Waals surface area contributed by atoms with Crippen LogP contribution in [0.5, 0.6) is 5.75 Å². The molecule has 0 aliphatic heterocycles. The Labute approximate surface area is 162 Å². The lowest BCUT2D eigenvalue weighted by Crippen LogP contribution is -1.98. The summed E-state index contributed by atoms with van der Waals surface area (Å²) < 4.78 is 5.89. The number of carbonyl (C=O) groups is 1. The summed E-state index contributed by atoms with van der Waals surface area (Å²) in [6.07, 6.45) is 3.31. The lowest BCUT2D eigenvalue weighted by molar-refractivity contribution is 0.104. The fourth-order valence-electron chi connectivity index (χ4n) is 2.41. The first-order chi connectivity index (χ1) is 12.6. The van der Waals surface area contributed by atoms with E-state index in [1.807, 2.05) is 48.5 Å². The highest BCUT2D eigenvalue weighted by molar-refractivity contribution is 6.35. The fraction of sp³-hybridized carbons (Fsp3) is 0.0455. The molecule has 0 unspecified atom stereocenters. The third-order valence-corrected chi connectivity index (χ3v) is 4.38. The Hall–Kier alpha value is -2.55. The van der Waals surface area contributed by atoms with Crippen molar-refractivity contribution in [2.24, 2.45) is 0 Å². The maximum absolute atomic E-state index is 12.2. The van der Waals surface area contributed by atoms with E-state index in [0.29, 0.717) is 28.0 Å². The zero-order valence-corrected chi connectivity index (χ0v) is 15.4. The Bertz CT molecular complexity index is 934. The molecule has 0 atom stereocenters. The van der Waals surface area contributed by atoms with E-state index in [1.54, 1.807) is 36.4 Å². The number of hydrogen-bond acceptors (Lipinski definition) is 2. The number of para-hydroxylation sites is 1. The molecule has 3 aromatic carbocycles. The average molecular weight is 383 g/mol. The molecule has 0 amide bonds. The summed E-state index contributed by atoms with van der Waals surface area (Å²) in [5, 5.41) is 1.14. The SMILES string of the molecule is O=C(/C=C/c1ccccc1OCc1ccc(Cl)cc1Cl)c1ccccc1. The molecule has 26 heavy (non-hydrogen) atoms. The van der Waals surface area contributed by atoms with Crippen molar-refractivity contribution in [1.29, 1.82) is 0 Å². The normalized spacial score (nSPS) is 10.8. The van der Waals surface area contributed by atoms with Crippen LogP contribution in [0.25, 0.3) is 6.08 Å². The average Bonchev–Trinajstić information content (AvgIpc) is 2.67. The van der Waals surface area contributed by atoms with Crippen LogP contribution >= 0.6 is 23.2 Å². The van der Waals surface area contributed by atoms with E-state index in [0.717, 1.165) is 11.1 Å². The maximum atomic E-state index is 12.2. The van der Waals surface area contributed by atoms with Gasteiger partial charge in [-0.15, -0.1) is 0 Å². The topological polar surface area (TPSA) is 26.3 Å². The van der Waals surface area contributed by atoms with E-state index in [4.69, 9.17) is 27.9 Å². The first-order valence-electron chi connectivity index (χ1n) is 8.07. The molecule has 2 nitrogen and oxygen atoms in total. The minimum atomic E-state index is -0.0545. The number of halogens is 2. The number of allylic oxidation sites excluding steroid dienone is 1. The van der Waals surface area contributed by atoms with Crippen LogP contribution in [0.4, 0.5) is 0 Å². The van der Waals surface area contributed by atoms with Gasteiger partial charge in [-0.3, -0.25) is 4.79 Å². The van der Waals surface area contributed by atoms with E-state index in [2.05, 4.69) is 0 Å². The molecular weight excluding hydrogens is 367 g/mol. The Morgan fingerprint density at radius 2 is 1.65 bits per heavy atom. The van der Waals surface area contributed by atoms with Crippen LogP contribution in [0.3, 0.4) is 0 Å². The lowest BCUT2D eigenvalue weighted by atomic mass is 10.1. The molecule has 0 aliphatic rings. The Morgan fingerprint density at radius 1 is 0.923 bits per heavy atom. The van der Waals surface area contributed by atoms with Crippen LogP contribution in [0.15, 0.2) is 78.9 Å². The van der Waals surface area contributed by atoms with Gasteiger partial charge in [-0.1, -0.05) is 77.8 Å². The summed E-state index contributed by atoms with van der Waals surface area (Å²) in [4.78, 5) is 12.2. The minimum absolute atomic E-state index is 0.0545.